The van der Waals surface area contributed by atoms with Crippen LogP contribution >= 0.6 is 0 Å². The zero-order valence-corrected chi connectivity index (χ0v) is 9.11. The molecule has 0 saturated heterocycles. The van der Waals surface area contributed by atoms with Crippen molar-refractivity contribution in [1.29, 1.82) is 0 Å². The molecule has 1 saturated carbocycles. The second-order valence-corrected chi connectivity index (χ2v) is 4.56. The highest BCUT2D eigenvalue weighted by molar-refractivity contribution is 5.04. The minimum absolute atomic E-state index is 0.430. The number of hydrogen-bond acceptors (Lipinski definition) is 3. The van der Waals surface area contributed by atoms with E-state index in [1.807, 2.05) is 6.07 Å². The molecule has 2 rings (SSSR count). The molecule has 0 spiro atoms. The molecule has 1 fully saturated rings. The largest absolute Gasteiger partial charge is 0.472 e. The Bertz CT molecular complexity index is 271. The second-order valence-electron chi connectivity index (χ2n) is 4.56. The number of nitrogens with one attached hydrogen (secondary N) is 1. The molecule has 1 heterocycles. The third kappa shape index (κ3) is 3.36. The van der Waals surface area contributed by atoms with Crippen molar-refractivity contribution < 1.29 is 4.42 Å². The Balaban J connectivity index is 1.65. The van der Waals surface area contributed by atoms with Gasteiger partial charge in [-0.1, -0.05) is 6.42 Å². The number of nitrogens with two attached hydrogens (primary N) is 1. The highest BCUT2D eigenvalue weighted by Crippen LogP contribution is 2.22. The Morgan fingerprint density at radius 2 is 2.40 bits per heavy atom. The molecule has 0 aliphatic heterocycles. The molecular formula is C12H20N2O. The van der Waals surface area contributed by atoms with Gasteiger partial charge in [-0.2, -0.15) is 0 Å². The number of furan rings is 1. The second kappa shape index (κ2) is 5.33. The van der Waals surface area contributed by atoms with E-state index < -0.39 is 0 Å². The zero-order chi connectivity index (χ0) is 10.5. The van der Waals surface area contributed by atoms with Crippen molar-refractivity contribution in [3.63, 3.8) is 0 Å². The summed E-state index contributed by atoms with van der Waals surface area (Å²) in [6.07, 6.45) is 8.51. The van der Waals surface area contributed by atoms with E-state index in [-0.39, 0.29) is 0 Å². The molecule has 1 aliphatic rings. The summed E-state index contributed by atoms with van der Waals surface area (Å²) in [6, 6.07) is 2.43. The summed E-state index contributed by atoms with van der Waals surface area (Å²) in [4.78, 5) is 0. The van der Waals surface area contributed by atoms with Gasteiger partial charge in [0.05, 0.1) is 12.5 Å². The average Bonchev–Trinajstić information content (AvgIpc) is 2.71. The van der Waals surface area contributed by atoms with Gasteiger partial charge in [-0.15, -0.1) is 0 Å². The number of rotatable bonds is 4. The first-order chi connectivity index (χ1) is 7.34. The lowest BCUT2D eigenvalue weighted by molar-refractivity contribution is 0.310. The first-order valence-corrected chi connectivity index (χ1v) is 5.82. The molecular weight excluding hydrogens is 188 g/mol. The lowest BCUT2D eigenvalue weighted by Gasteiger charge is -2.26. The molecule has 1 aliphatic carbocycles. The highest BCUT2D eigenvalue weighted by Gasteiger charge is 2.18. The standard InChI is InChI=1S/C12H20N2O/c13-12-3-1-2-10(6-12)7-14-8-11-4-5-15-9-11/h4-5,9-10,12,14H,1-3,6-8,13H2. The fourth-order valence-electron chi connectivity index (χ4n) is 2.33. The summed E-state index contributed by atoms with van der Waals surface area (Å²) in [5.41, 5.74) is 7.17. The predicted molar refractivity (Wildman–Crippen MR) is 60.3 cm³/mol. The van der Waals surface area contributed by atoms with Gasteiger partial charge in [0.15, 0.2) is 0 Å². The maximum atomic E-state index is 5.95. The molecule has 0 amide bonds. The molecule has 84 valence electrons. The minimum atomic E-state index is 0.430. The molecule has 15 heavy (non-hydrogen) atoms. The van der Waals surface area contributed by atoms with Crippen molar-refractivity contribution in [3.8, 4) is 0 Å². The Morgan fingerprint density at radius 3 is 3.13 bits per heavy atom. The van der Waals surface area contributed by atoms with Gasteiger partial charge in [0, 0.05) is 18.2 Å². The third-order valence-electron chi connectivity index (χ3n) is 3.17. The van der Waals surface area contributed by atoms with E-state index in [1.165, 1.54) is 31.2 Å². The molecule has 0 bridgehead atoms. The van der Waals surface area contributed by atoms with E-state index in [0.717, 1.165) is 19.0 Å². The normalized spacial score (nSPS) is 26.7. The maximum absolute atomic E-state index is 5.95. The highest BCUT2D eigenvalue weighted by atomic mass is 16.3. The van der Waals surface area contributed by atoms with Crippen LogP contribution in [0.1, 0.15) is 31.2 Å². The van der Waals surface area contributed by atoms with Crippen molar-refractivity contribution in [1.82, 2.24) is 5.32 Å². The van der Waals surface area contributed by atoms with Crippen molar-refractivity contribution in [2.75, 3.05) is 6.54 Å². The van der Waals surface area contributed by atoms with E-state index in [0.29, 0.717) is 6.04 Å². The SMILES string of the molecule is NC1CCCC(CNCc2ccoc2)C1. The Hall–Kier alpha value is -0.800. The monoisotopic (exact) mass is 208 g/mol. The Morgan fingerprint density at radius 1 is 1.47 bits per heavy atom. The van der Waals surface area contributed by atoms with E-state index >= 15 is 0 Å². The summed E-state index contributed by atoms with van der Waals surface area (Å²) in [5.74, 6) is 0.764. The Labute approximate surface area is 91.0 Å². The van der Waals surface area contributed by atoms with Crippen molar-refractivity contribution in [2.45, 2.75) is 38.3 Å². The molecule has 3 N–H and O–H groups in total. The van der Waals surface area contributed by atoms with Crippen molar-refractivity contribution in [3.05, 3.63) is 24.2 Å². The van der Waals surface area contributed by atoms with E-state index in [2.05, 4.69) is 5.32 Å². The third-order valence-corrected chi connectivity index (χ3v) is 3.17. The van der Waals surface area contributed by atoms with Crippen LogP contribution in [0.3, 0.4) is 0 Å². The molecule has 1 aromatic heterocycles. The lowest BCUT2D eigenvalue weighted by atomic mass is 9.86. The predicted octanol–water partition coefficient (Wildman–Crippen LogP) is 1.89. The van der Waals surface area contributed by atoms with Crippen LogP contribution in [0, 0.1) is 5.92 Å². The fourth-order valence-corrected chi connectivity index (χ4v) is 2.33. The molecule has 0 aromatic carbocycles. The van der Waals surface area contributed by atoms with Gasteiger partial charge in [-0.25, -0.2) is 0 Å². The summed E-state index contributed by atoms with van der Waals surface area (Å²) in [5, 5.41) is 3.46. The molecule has 3 heteroatoms. The molecule has 2 atom stereocenters. The molecule has 1 aromatic rings. The van der Waals surface area contributed by atoms with Gasteiger partial charge in [0.2, 0.25) is 0 Å². The van der Waals surface area contributed by atoms with E-state index in [4.69, 9.17) is 10.2 Å². The summed E-state index contributed by atoms with van der Waals surface area (Å²) < 4.78 is 5.01. The fraction of sp³-hybridized carbons (Fsp3) is 0.667. The van der Waals surface area contributed by atoms with Gasteiger partial charge in [0.25, 0.3) is 0 Å². The van der Waals surface area contributed by atoms with Gasteiger partial charge in [-0.3, -0.25) is 0 Å². The Kier molecular flexibility index (Phi) is 3.80. The van der Waals surface area contributed by atoms with Gasteiger partial charge in [-0.05, 0) is 37.8 Å². The molecule has 3 nitrogen and oxygen atoms in total. The van der Waals surface area contributed by atoms with Crippen LogP contribution < -0.4 is 11.1 Å². The van der Waals surface area contributed by atoms with Crippen LogP contribution in [0.15, 0.2) is 23.0 Å². The van der Waals surface area contributed by atoms with Crippen LogP contribution in [0.5, 0.6) is 0 Å². The van der Waals surface area contributed by atoms with Crippen LogP contribution in [-0.2, 0) is 6.54 Å². The van der Waals surface area contributed by atoms with E-state index in [1.54, 1.807) is 12.5 Å². The average molecular weight is 208 g/mol. The summed E-state index contributed by atoms with van der Waals surface area (Å²) in [7, 11) is 0. The first kappa shape index (κ1) is 10.7. The molecule has 0 radical (unpaired) electrons. The summed E-state index contributed by atoms with van der Waals surface area (Å²) >= 11 is 0. The molecule has 2 unspecified atom stereocenters. The smallest absolute Gasteiger partial charge is 0.0947 e. The lowest BCUT2D eigenvalue weighted by Crippen LogP contribution is -2.33. The van der Waals surface area contributed by atoms with Crippen LogP contribution in [0.2, 0.25) is 0 Å². The van der Waals surface area contributed by atoms with Crippen molar-refractivity contribution in [2.24, 2.45) is 11.7 Å². The van der Waals surface area contributed by atoms with Gasteiger partial charge < -0.3 is 15.5 Å². The van der Waals surface area contributed by atoms with E-state index in [9.17, 15) is 0 Å². The van der Waals surface area contributed by atoms with Crippen LogP contribution in [0.4, 0.5) is 0 Å². The van der Waals surface area contributed by atoms with Gasteiger partial charge in [0.1, 0.15) is 0 Å². The van der Waals surface area contributed by atoms with Crippen LogP contribution in [0.25, 0.3) is 0 Å². The summed E-state index contributed by atoms with van der Waals surface area (Å²) in [6.45, 7) is 1.99. The minimum Gasteiger partial charge on any atom is -0.472 e. The maximum Gasteiger partial charge on any atom is 0.0947 e. The van der Waals surface area contributed by atoms with Crippen LogP contribution in [-0.4, -0.2) is 12.6 Å². The van der Waals surface area contributed by atoms with Crippen molar-refractivity contribution >= 4 is 0 Å². The number of hydrogen-bond donors (Lipinski definition) is 2. The first-order valence-electron chi connectivity index (χ1n) is 5.82. The van der Waals surface area contributed by atoms with Gasteiger partial charge >= 0.3 is 0 Å². The zero-order valence-electron chi connectivity index (χ0n) is 9.11. The topological polar surface area (TPSA) is 51.2 Å². The quantitative estimate of drug-likeness (QED) is 0.794.